The number of benzene rings is 2. The van der Waals surface area contributed by atoms with E-state index in [1.165, 1.54) is 0 Å². The number of rotatable bonds is 2. The van der Waals surface area contributed by atoms with Crippen LogP contribution in [0, 0.1) is 11.3 Å². The molecule has 4 heteroatoms. The lowest BCUT2D eigenvalue weighted by Crippen LogP contribution is -1.97. The van der Waals surface area contributed by atoms with E-state index in [1.807, 2.05) is 36.4 Å². The van der Waals surface area contributed by atoms with Crippen LogP contribution >= 0.6 is 11.8 Å². The third-order valence-electron chi connectivity index (χ3n) is 2.92. The van der Waals surface area contributed by atoms with Gasteiger partial charge in [-0.05, 0) is 36.4 Å². The molecule has 0 aromatic heterocycles. The van der Waals surface area contributed by atoms with Crippen molar-refractivity contribution < 1.29 is 9.47 Å². The molecule has 3 nitrogen and oxygen atoms in total. The second kappa shape index (κ2) is 5.89. The topological polar surface area (TPSA) is 42.2 Å². The molecule has 3 rings (SSSR count). The molecule has 2 aromatic carbocycles. The number of nitrogens with zero attached hydrogens (tertiary/aromatic N) is 1. The Kier molecular flexibility index (Phi) is 3.80. The summed E-state index contributed by atoms with van der Waals surface area (Å²) in [5.41, 5.74) is 0.671. The minimum Gasteiger partial charge on any atom is -0.490 e. The fourth-order valence-corrected chi connectivity index (χ4v) is 2.88. The maximum Gasteiger partial charge on any atom is 0.162 e. The van der Waals surface area contributed by atoms with Gasteiger partial charge in [0.05, 0.1) is 24.8 Å². The minimum atomic E-state index is 0.671. The van der Waals surface area contributed by atoms with Crippen LogP contribution in [-0.4, -0.2) is 13.2 Å². The van der Waals surface area contributed by atoms with Gasteiger partial charge in [-0.15, -0.1) is 0 Å². The van der Waals surface area contributed by atoms with E-state index in [4.69, 9.17) is 14.7 Å². The van der Waals surface area contributed by atoms with Crippen LogP contribution in [0.1, 0.15) is 12.0 Å². The summed E-state index contributed by atoms with van der Waals surface area (Å²) in [5.74, 6) is 1.60. The average molecular weight is 283 g/mol. The summed E-state index contributed by atoms with van der Waals surface area (Å²) in [5, 5.41) is 8.92. The van der Waals surface area contributed by atoms with Crippen molar-refractivity contribution in [3.05, 3.63) is 48.0 Å². The van der Waals surface area contributed by atoms with E-state index in [9.17, 15) is 0 Å². The van der Waals surface area contributed by atoms with Gasteiger partial charge in [0, 0.05) is 16.2 Å². The Morgan fingerprint density at radius 1 is 0.950 bits per heavy atom. The average Bonchev–Trinajstić information content (AvgIpc) is 2.72. The predicted molar refractivity (Wildman–Crippen MR) is 77.3 cm³/mol. The summed E-state index contributed by atoms with van der Waals surface area (Å²) in [6, 6.07) is 15.7. The van der Waals surface area contributed by atoms with Gasteiger partial charge in [-0.1, -0.05) is 17.8 Å². The molecule has 1 heterocycles. The fourth-order valence-electron chi connectivity index (χ4n) is 1.97. The number of hydrogen-bond acceptors (Lipinski definition) is 4. The van der Waals surface area contributed by atoms with Crippen molar-refractivity contribution in [2.24, 2.45) is 0 Å². The van der Waals surface area contributed by atoms with E-state index in [1.54, 1.807) is 17.8 Å². The second-order valence-electron chi connectivity index (χ2n) is 4.40. The molecule has 100 valence electrons. The van der Waals surface area contributed by atoms with Crippen molar-refractivity contribution in [1.29, 1.82) is 5.26 Å². The first-order valence-electron chi connectivity index (χ1n) is 6.43. The van der Waals surface area contributed by atoms with Crippen LogP contribution in [0.25, 0.3) is 0 Å². The summed E-state index contributed by atoms with van der Waals surface area (Å²) in [6.45, 7) is 1.38. The molecule has 0 saturated carbocycles. The molecule has 0 N–H and O–H groups in total. The molecule has 0 atom stereocenters. The first kappa shape index (κ1) is 12.9. The first-order valence-corrected chi connectivity index (χ1v) is 7.24. The molecule has 0 spiro atoms. The van der Waals surface area contributed by atoms with E-state index in [0.717, 1.165) is 27.7 Å². The molecule has 1 aliphatic heterocycles. The van der Waals surface area contributed by atoms with Gasteiger partial charge in [0.2, 0.25) is 0 Å². The Morgan fingerprint density at radius 2 is 1.75 bits per heavy atom. The van der Waals surface area contributed by atoms with E-state index in [0.29, 0.717) is 18.8 Å². The lowest BCUT2D eigenvalue weighted by molar-refractivity contribution is 0.297. The smallest absolute Gasteiger partial charge is 0.162 e. The van der Waals surface area contributed by atoms with Crippen molar-refractivity contribution in [1.82, 2.24) is 0 Å². The monoisotopic (exact) mass is 283 g/mol. The Hall–Kier alpha value is -2.12. The van der Waals surface area contributed by atoms with Gasteiger partial charge in [-0.3, -0.25) is 0 Å². The van der Waals surface area contributed by atoms with Crippen LogP contribution in [0.5, 0.6) is 11.5 Å². The van der Waals surface area contributed by atoms with Gasteiger partial charge in [-0.2, -0.15) is 5.26 Å². The normalized spacial score (nSPS) is 13.3. The van der Waals surface area contributed by atoms with Crippen molar-refractivity contribution in [3.63, 3.8) is 0 Å². The SMILES string of the molecule is N#Cc1cccc(Sc2ccc3c(c2)OCCCO3)c1. The molecular weight excluding hydrogens is 270 g/mol. The van der Waals surface area contributed by atoms with E-state index < -0.39 is 0 Å². The molecule has 0 radical (unpaired) electrons. The third kappa shape index (κ3) is 2.89. The predicted octanol–water partition coefficient (Wildman–Crippen LogP) is 3.87. The molecule has 0 aliphatic carbocycles. The van der Waals surface area contributed by atoms with Crippen molar-refractivity contribution >= 4 is 11.8 Å². The van der Waals surface area contributed by atoms with Gasteiger partial charge in [0.25, 0.3) is 0 Å². The summed E-state index contributed by atoms with van der Waals surface area (Å²) in [7, 11) is 0. The highest BCUT2D eigenvalue weighted by Gasteiger charge is 2.11. The van der Waals surface area contributed by atoms with Crippen LogP contribution in [0.15, 0.2) is 52.3 Å². The highest BCUT2D eigenvalue weighted by Crippen LogP contribution is 2.36. The summed E-state index contributed by atoms with van der Waals surface area (Å²) >= 11 is 1.61. The van der Waals surface area contributed by atoms with Crippen molar-refractivity contribution in [3.8, 4) is 17.6 Å². The van der Waals surface area contributed by atoms with Crippen LogP contribution in [0.3, 0.4) is 0 Å². The van der Waals surface area contributed by atoms with E-state index in [-0.39, 0.29) is 0 Å². The van der Waals surface area contributed by atoms with Crippen LogP contribution < -0.4 is 9.47 Å². The molecule has 0 bridgehead atoms. The highest BCUT2D eigenvalue weighted by atomic mass is 32.2. The minimum absolute atomic E-state index is 0.671. The number of hydrogen-bond donors (Lipinski definition) is 0. The molecule has 0 fully saturated rings. The van der Waals surface area contributed by atoms with E-state index in [2.05, 4.69) is 6.07 Å². The molecule has 0 unspecified atom stereocenters. The quantitative estimate of drug-likeness (QED) is 0.839. The lowest BCUT2D eigenvalue weighted by atomic mass is 10.2. The summed E-state index contributed by atoms with van der Waals surface area (Å²) in [4.78, 5) is 2.11. The van der Waals surface area contributed by atoms with Crippen LogP contribution in [0.4, 0.5) is 0 Å². The van der Waals surface area contributed by atoms with E-state index >= 15 is 0 Å². The molecule has 0 saturated heterocycles. The summed E-state index contributed by atoms with van der Waals surface area (Å²) in [6.07, 6.45) is 0.904. The second-order valence-corrected chi connectivity index (χ2v) is 5.55. The Balaban J connectivity index is 1.84. The Bertz CT molecular complexity index is 664. The maximum absolute atomic E-state index is 8.92. The zero-order valence-corrected chi connectivity index (χ0v) is 11.7. The van der Waals surface area contributed by atoms with Gasteiger partial charge >= 0.3 is 0 Å². The van der Waals surface area contributed by atoms with Crippen molar-refractivity contribution in [2.75, 3.05) is 13.2 Å². The van der Waals surface area contributed by atoms with Gasteiger partial charge in [0.1, 0.15) is 0 Å². The zero-order valence-electron chi connectivity index (χ0n) is 10.8. The van der Waals surface area contributed by atoms with Gasteiger partial charge in [-0.25, -0.2) is 0 Å². The van der Waals surface area contributed by atoms with Crippen LogP contribution in [-0.2, 0) is 0 Å². The molecule has 2 aromatic rings. The molecule has 20 heavy (non-hydrogen) atoms. The van der Waals surface area contributed by atoms with Crippen molar-refractivity contribution in [2.45, 2.75) is 16.2 Å². The standard InChI is InChI=1S/C16H13NO2S/c17-11-12-3-1-4-13(9-12)20-14-5-6-15-16(10-14)19-8-2-7-18-15/h1,3-6,9-10H,2,7-8H2. The highest BCUT2D eigenvalue weighted by molar-refractivity contribution is 7.99. The largest absolute Gasteiger partial charge is 0.490 e. The number of fused-ring (bicyclic) bond motifs is 1. The molecular formula is C16H13NO2S. The first-order chi connectivity index (χ1) is 9.85. The zero-order chi connectivity index (χ0) is 13.8. The maximum atomic E-state index is 8.92. The van der Waals surface area contributed by atoms with Crippen LogP contribution in [0.2, 0.25) is 0 Å². The Labute approximate surface area is 122 Å². The summed E-state index contributed by atoms with van der Waals surface area (Å²) < 4.78 is 11.3. The van der Waals surface area contributed by atoms with Gasteiger partial charge < -0.3 is 9.47 Å². The Morgan fingerprint density at radius 3 is 2.60 bits per heavy atom. The number of nitriles is 1. The molecule has 0 amide bonds. The fraction of sp³-hybridized carbons (Fsp3) is 0.188. The lowest BCUT2D eigenvalue weighted by Gasteiger charge is -2.09. The third-order valence-corrected chi connectivity index (χ3v) is 3.90. The van der Waals surface area contributed by atoms with Gasteiger partial charge in [0.15, 0.2) is 11.5 Å². The number of ether oxygens (including phenoxy) is 2. The molecule has 1 aliphatic rings.